The summed E-state index contributed by atoms with van der Waals surface area (Å²) in [5, 5.41) is 0. The van der Waals surface area contributed by atoms with Crippen LogP contribution in [0.25, 0.3) is 56.3 Å². The maximum atomic E-state index is 4.88. The van der Waals surface area contributed by atoms with Gasteiger partial charge in [-0.15, -0.1) is 0 Å². The molecule has 5 heterocycles. The van der Waals surface area contributed by atoms with Crippen molar-refractivity contribution in [1.29, 1.82) is 0 Å². The number of allylic oxidation sites excluding steroid dienone is 3. The summed E-state index contributed by atoms with van der Waals surface area (Å²) in [4.78, 5) is 29.2. The maximum absolute atomic E-state index is 4.88. The summed E-state index contributed by atoms with van der Waals surface area (Å²) in [5.41, 5.74) is 9.85. The van der Waals surface area contributed by atoms with Gasteiger partial charge in [0.15, 0.2) is 0 Å². The third-order valence-corrected chi connectivity index (χ3v) is 6.99. The summed E-state index contributed by atoms with van der Waals surface area (Å²) in [6, 6.07) is 29.6. The fraction of sp³-hybridized carbons (Fsp3) is 0.0270. The van der Waals surface area contributed by atoms with E-state index in [-0.39, 0.29) is 0 Å². The SMILES string of the molecule is C=C/C=C\C(=NC)c1c(-c2ccccn2)c(-c2ccccn2)c(-c2ccccn2)c(-c2ccccn2)c1-c1ccccn1. The van der Waals surface area contributed by atoms with Crippen molar-refractivity contribution in [3.05, 3.63) is 152 Å². The average Bonchev–Trinajstić information content (AvgIpc) is 3.09. The second kappa shape index (κ2) is 12.7. The Kier molecular flexibility index (Phi) is 8.09. The van der Waals surface area contributed by atoms with Crippen molar-refractivity contribution in [2.75, 3.05) is 7.05 Å². The van der Waals surface area contributed by atoms with E-state index in [0.717, 1.165) is 67.6 Å². The van der Waals surface area contributed by atoms with Crippen LogP contribution in [0.2, 0.25) is 0 Å². The van der Waals surface area contributed by atoms with Gasteiger partial charge in [0, 0.05) is 71.4 Å². The molecule has 1 aromatic carbocycles. The minimum absolute atomic E-state index is 0.739. The van der Waals surface area contributed by atoms with Gasteiger partial charge in [0.25, 0.3) is 0 Å². The zero-order chi connectivity index (χ0) is 29.4. The molecular formula is C37H28N6. The number of aliphatic imine (C=N–C) groups is 1. The first-order chi connectivity index (χ1) is 21.3. The first-order valence-electron chi connectivity index (χ1n) is 13.9. The van der Waals surface area contributed by atoms with E-state index in [1.807, 2.05) is 103 Å². The van der Waals surface area contributed by atoms with Crippen LogP contribution in [0, 0.1) is 0 Å². The normalized spacial score (nSPS) is 11.5. The second-order valence-electron chi connectivity index (χ2n) is 9.53. The smallest absolute Gasteiger partial charge is 0.0716 e. The van der Waals surface area contributed by atoms with Gasteiger partial charge in [-0.3, -0.25) is 29.9 Å². The maximum Gasteiger partial charge on any atom is 0.0716 e. The second-order valence-corrected chi connectivity index (χ2v) is 9.53. The molecule has 0 saturated carbocycles. The predicted octanol–water partition coefficient (Wildman–Crippen LogP) is 8.16. The lowest BCUT2D eigenvalue weighted by Gasteiger charge is -2.26. The number of pyridine rings is 5. The summed E-state index contributed by atoms with van der Waals surface area (Å²) >= 11 is 0. The highest BCUT2D eigenvalue weighted by Crippen LogP contribution is 2.51. The van der Waals surface area contributed by atoms with Gasteiger partial charge in [0.1, 0.15) is 0 Å². The van der Waals surface area contributed by atoms with Crippen LogP contribution in [0.4, 0.5) is 0 Å². The van der Waals surface area contributed by atoms with Crippen molar-refractivity contribution in [2.45, 2.75) is 0 Å². The fourth-order valence-electron chi connectivity index (χ4n) is 5.27. The first kappa shape index (κ1) is 27.3. The summed E-state index contributed by atoms with van der Waals surface area (Å²) in [7, 11) is 1.79. The van der Waals surface area contributed by atoms with Gasteiger partial charge in [0.2, 0.25) is 0 Å². The van der Waals surface area contributed by atoms with Gasteiger partial charge in [-0.25, -0.2) is 0 Å². The topological polar surface area (TPSA) is 76.8 Å². The highest BCUT2D eigenvalue weighted by atomic mass is 14.8. The van der Waals surface area contributed by atoms with Crippen molar-refractivity contribution in [3.63, 3.8) is 0 Å². The molecule has 0 fully saturated rings. The number of hydrogen-bond donors (Lipinski definition) is 0. The predicted molar refractivity (Wildman–Crippen MR) is 174 cm³/mol. The van der Waals surface area contributed by atoms with Crippen molar-refractivity contribution in [3.8, 4) is 56.3 Å². The van der Waals surface area contributed by atoms with Crippen LogP contribution in [0.3, 0.4) is 0 Å². The molecule has 0 spiro atoms. The van der Waals surface area contributed by atoms with Crippen molar-refractivity contribution < 1.29 is 0 Å². The molecule has 6 nitrogen and oxygen atoms in total. The van der Waals surface area contributed by atoms with Gasteiger partial charge >= 0.3 is 0 Å². The third-order valence-electron chi connectivity index (χ3n) is 6.99. The summed E-state index contributed by atoms with van der Waals surface area (Å²) in [6.45, 7) is 3.91. The zero-order valence-corrected chi connectivity index (χ0v) is 23.7. The quantitative estimate of drug-likeness (QED) is 0.140. The standard InChI is InChI=1S/C37H28N6/c1-3-4-15-26(38-2)32-33(27-16-5-10-21-39-27)35(29-18-7-12-23-41-29)37(31-20-9-14-25-43-31)36(30-19-8-13-24-42-30)34(32)28-17-6-11-22-40-28/h3-25H,1H2,2H3/b15-4-,38-26?. The Morgan fingerprint density at radius 1 is 0.512 bits per heavy atom. The molecule has 0 atom stereocenters. The van der Waals surface area contributed by atoms with E-state index in [9.17, 15) is 0 Å². The number of rotatable bonds is 8. The van der Waals surface area contributed by atoms with Crippen LogP contribution in [-0.4, -0.2) is 37.7 Å². The molecule has 6 rings (SSSR count). The van der Waals surface area contributed by atoms with E-state index < -0.39 is 0 Å². The minimum Gasteiger partial charge on any atom is -0.288 e. The molecule has 0 radical (unpaired) electrons. The Bertz CT molecular complexity index is 1800. The molecule has 206 valence electrons. The lowest BCUT2D eigenvalue weighted by Crippen LogP contribution is -2.11. The van der Waals surface area contributed by atoms with E-state index in [1.165, 1.54) is 0 Å². The van der Waals surface area contributed by atoms with Gasteiger partial charge < -0.3 is 0 Å². The number of aromatic nitrogens is 5. The third kappa shape index (κ3) is 5.42. The summed E-state index contributed by atoms with van der Waals surface area (Å²) < 4.78 is 0. The molecule has 0 unspecified atom stereocenters. The van der Waals surface area contributed by atoms with E-state index in [2.05, 4.69) is 6.58 Å². The lowest BCUT2D eigenvalue weighted by atomic mass is 9.78. The van der Waals surface area contributed by atoms with E-state index in [1.54, 1.807) is 44.1 Å². The Hall–Kier alpha value is -5.88. The Morgan fingerprint density at radius 2 is 0.837 bits per heavy atom. The zero-order valence-electron chi connectivity index (χ0n) is 23.7. The van der Waals surface area contributed by atoms with Crippen molar-refractivity contribution in [1.82, 2.24) is 24.9 Å². The molecular weight excluding hydrogens is 528 g/mol. The number of nitrogens with zero attached hydrogens (tertiary/aromatic N) is 6. The molecule has 0 aliphatic rings. The molecule has 0 aliphatic heterocycles. The molecule has 6 aromatic rings. The highest BCUT2D eigenvalue weighted by molar-refractivity contribution is 6.22. The fourth-order valence-corrected chi connectivity index (χ4v) is 5.27. The van der Waals surface area contributed by atoms with Crippen molar-refractivity contribution >= 4 is 5.71 Å². The molecule has 0 bridgehead atoms. The van der Waals surface area contributed by atoms with Crippen LogP contribution in [0.1, 0.15) is 5.56 Å². The average molecular weight is 557 g/mol. The molecule has 43 heavy (non-hydrogen) atoms. The molecule has 0 saturated heterocycles. The van der Waals surface area contributed by atoms with Gasteiger partial charge in [-0.2, -0.15) is 0 Å². The Balaban J connectivity index is 1.97. The lowest BCUT2D eigenvalue weighted by molar-refractivity contribution is 1.26. The van der Waals surface area contributed by atoms with Gasteiger partial charge in [-0.1, -0.05) is 49.1 Å². The van der Waals surface area contributed by atoms with Crippen LogP contribution in [-0.2, 0) is 0 Å². The van der Waals surface area contributed by atoms with E-state index >= 15 is 0 Å². The first-order valence-corrected chi connectivity index (χ1v) is 13.9. The molecule has 5 aromatic heterocycles. The van der Waals surface area contributed by atoms with E-state index in [4.69, 9.17) is 29.9 Å². The molecule has 0 N–H and O–H groups in total. The molecule has 6 heteroatoms. The number of hydrogen-bond acceptors (Lipinski definition) is 6. The molecule has 0 aliphatic carbocycles. The molecule has 0 amide bonds. The van der Waals surface area contributed by atoms with Crippen molar-refractivity contribution in [2.24, 2.45) is 4.99 Å². The summed E-state index contributed by atoms with van der Waals surface area (Å²) in [5.74, 6) is 0. The van der Waals surface area contributed by atoms with Gasteiger partial charge in [0.05, 0.1) is 34.2 Å². The minimum atomic E-state index is 0.739. The summed E-state index contributed by atoms with van der Waals surface area (Å²) in [6.07, 6.45) is 14.6. The van der Waals surface area contributed by atoms with Crippen LogP contribution in [0.15, 0.2) is 152 Å². The van der Waals surface area contributed by atoms with E-state index in [0.29, 0.717) is 0 Å². The highest BCUT2D eigenvalue weighted by Gasteiger charge is 2.31. The van der Waals surface area contributed by atoms with Crippen LogP contribution >= 0.6 is 0 Å². The van der Waals surface area contributed by atoms with Crippen LogP contribution in [0.5, 0.6) is 0 Å². The largest absolute Gasteiger partial charge is 0.288 e. The van der Waals surface area contributed by atoms with Gasteiger partial charge in [-0.05, 0) is 66.7 Å². The Labute approximate surface area is 251 Å². The Morgan fingerprint density at radius 3 is 1.12 bits per heavy atom. The monoisotopic (exact) mass is 556 g/mol. The number of benzene rings is 1. The van der Waals surface area contributed by atoms with Crippen LogP contribution < -0.4 is 0 Å².